The van der Waals surface area contributed by atoms with E-state index in [1.54, 1.807) is 19.1 Å². The Hall–Kier alpha value is -2.41. The molecule has 1 aromatic rings. The van der Waals surface area contributed by atoms with Crippen LogP contribution in [0.25, 0.3) is 0 Å². The average Bonchev–Trinajstić information content (AvgIpc) is 2.45. The first kappa shape index (κ1) is 18.9. The summed E-state index contributed by atoms with van der Waals surface area (Å²) >= 11 is 0. The lowest BCUT2D eigenvalue weighted by Crippen LogP contribution is -2.26. The maximum atomic E-state index is 12.9. The van der Waals surface area contributed by atoms with Gasteiger partial charge in [0.25, 0.3) is 0 Å². The van der Waals surface area contributed by atoms with Crippen LogP contribution in [0.1, 0.15) is 31.2 Å². The van der Waals surface area contributed by atoms with Crippen molar-refractivity contribution in [1.29, 1.82) is 0 Å². The lowest BCUT2D eigenvalue weighted by molar-refractivity contribution is -0.117. The van der Waals surface area contributed by atoms with Crippen LogP contribution < -0.4 is 5.09 Å². The summed E-state index contributed by atoms with van der Waals surface area (Å²) in [5, 5.41) is 21.5. The number of rotatable bonds is 6. The minimum Gasteiger partial charge on any atom is -0.508 e. The van der Waals surface area contributed by atoms with E-state index in [0.29, 0.717) is 12.0 Å². The molecule has 0 bridgehead atoms. The highest BCUT2D eigenvalue weighted by molar-refractivity contribution is 7.49. The SMILES string of the molecule is CCC(C(=O)C1=C(NP(=O)(O)O)CC(=O)C=C1O)c1cccc(O)c1. The standard InChI is InChI=1S/C16H18NO7P/c1-2-12(9-4-3-5-10(18)6-9)16(21)15-13(17-25(22,23)24)7-11(19)8-14(15)20/h3-6,8,12,18,20H,2,7H2,1H3,(H3,17,22,23,24). The second-order valence-corrected chi connectivity index (χ2v) is 6.91. The van der Waals surface area contributed by atoms with E-state index in [1.807, 2.05) is 5.09 Å². The van der Waals surface area contributed by atoms with E-state index >= 15 is 0 Å². The number of hydrogen-bond donors (Lipinski definition) is 5. The Bertz CT molecular complexity index is 822. The van der Waals surface area contributed by atoms with E-state index in [2.05, 4.69) is 0 Å². The molecule has 5 N–H and O–H groups in total. The minimum absolute atomic E-state index is 0.0371. The van der Waals surface area contributed by atoms with Gasteiger partial charge in [0, 0.05) is 17.7 Å². The summed E-state index contributed by atoms with van der Waals surface area (Å²) < 4.78 is 11.2. The quantitative estimate of drug-likeness (QED) is 0.479. The van der Waals surface area contributed by atoms with Gasteiger partial charge in [0.2, 0.25) is 0 Å². The first-order valence-corrected chi connectivity index (χ1v) is 9.07. The molecule has 1 unspecified atom stereocenters. The van der Waals surface area contributed by atoms with Crippen LogP contribution in [0.5, 0.6) is 5.75 Å². The van der Waals surface area contributed by atoms with Gasteiger partial charge in [-0.05, 0) is 24.1 Å². The maximum absolute atomic E-state index is 12.9. The third-order valence-electron chi connectivity index (χ3n) is 3.73. The van der Waals surface area contributed by atoms with Gasteiger partial charge in [-0.1, -0.05) is 19.1 Å². The molecule has 0 aromatic heterocycles. The zero-order valence-electron chi connectivity index (χ0n) is 13.3. The van der Waals surface area contributed by atoms with Crippen molar-refractivity contribution in [3.05, 3.63) is 52.9 Å². The minimum atomic E-state index is -4.77. The molecule has 9 heteroatoms. The molecule has 1 aromatic carbocycles. The second-order valence-electron chi connectivity index (χ2n) is 5.60. The van der Waals surface area contributed by atoms with Gasteiger partial charge in [0.05, 0.1) is 12.0 Å². The summed E-state index contributed by atoms with van der Waals surface area (Å²) in [5.74, 6) is -2.64. The van der Waals surface area contributed by atoms with Crippen molar-refractivity contribution < 1.29 is 34.2 Å². The van der Waals surface area contributed by atoms with Crippen molar-refractivity contribution in [2.75, 3.05) is 0 Å². The number of aliphatic hydroxyl groups is 1. The molecule has 2 rings (SSSR count). The fourth-order valence-corrected chi connectivity index (χ4v) is 3.27. The Labute approximate surface area is 143 Å². The van der Waals surface area contributed by atoms with Gasteiger partial charge in [-0.15, -0.1) is 0 Å². The van der Waals surface area contributed by atoms with Crippen molar-refractivity contribution >= 4 is 19.3 Å². The number of nitrogens with one attached hydrogen (secondary N) is 1. The monoisotopic (exact) mass is 367 g/mol. The van der Waals surface area contributed by atoms with Crippen LogP contribution in [-0.4, -0.2) is 31.6 Å². The van der Waals surface area contributed by atoms with Gasteiger partial charge in [-0.2, -0.15) is 0 Å². The van der Waals surface area contributed by atoms with Crippen molar-refractivity contribution in [3.8, 4) is 5.75 Å². The lowest BCUT2D eigenvalue weighted by atomic mass is 9.85. The molecule has 134 valence electrons. The summed E-state index contributed by atoms with van der Waals surface area (Å²) in [6.07, 6.45) is 0.732. The topological polar surface area (TPSA) is 144 Å². The number of benzene rings is 1. The van der Waals surface area contributed by atoms with Crippen molar-refractivity contribution in [3.63, 3.8) is 0 Å². The van der Waals surface area contributed by atoms with E-state index in [1.165, 1.54) is 12.1 Å². The number of aliphatic hydroxyl groups excluding tert-OH is 1. The molecule has 8 nitrogen and oxygen atoms in total. The number of ketones is 2. The highest BCUT2D eigenvalue weighted by Gasteiger charge is 2.33. The Kier molecular flexibility index (Phi) is 5.47. The molecule has 25 heavy (non-hydrogen) atoms. The maximum Gasteiger partial charge on any atom is 0.427 e. The molecule has 0 radical (unpaired) electrons. The zero-order chi connectivity index (χ0) is 18.8. The Morgan fingerprint density at radius 3 is 2.56 bits per heavy atom. The molecule has 0 saturated carbocycles. The van der Waals surface area contributed by atoms with Crippen molar-refractivity contribution in [2.45, 2.75) is 25.7 Å². The van der Waals surface area contributed by atoms with Crippen LogP contribution in [0.3, 0.4) is 0 Å². The molecule has 0 saturated heterocycles. The van der Waals surface area contributed by atoms with Crippen LogP contribution in [-0.2, 0) is 14.2 Å². The molecular weight excluding hydrogens is 349 g/mol. The van der Waals surface area contributed by atoms with Gasteiger partial charge < -0.3 is 20.0 Å². The smallest absolute Gasteiger partial charge is 0.427 e. The molecular formula is C16H18NO7P. The number of carbonyl (C=O) groups excluding carboxylic acids is 2. The van der Waals surface area contributed by atoms with Crippen molar-refractivity contribution in [1.82, 2.24) is 5.09 Å². The molecule has 1 aliphatic carbocycles. The number of aromatic hydroxyl groups is 1. The fraction of sp³-hybridized carbons (Fsp3) is 0.250. The molecule has 0 fully saturated rings. The predicted molar refractivity (Wildman–Crippen MR) is 88.7 cm³/mol. The van der Waals surface area contributed by atoms with E-state index in [4.69, 9.17) is 9.79 Å². The Balaban J connectivity index is 2.51. The molecule has 0 aliphatic heterocycles. The number of carbonyl (C=O) groups is 2. The van der Waals surface area contributed by atoms with E-state index in [-0.39, 0.29) is 17.0 Å². The summed E-state index contributed by atoms with van der Waals surface area (Å²) in [6, 6.07) is 6.02. The Morgan fingerprint density at radius 2 is 2.00 bits per heavy atom. The van der Waals surface area contributed by atoms with Gasteiger partial charge in [0.1, 0.15) is 11.5 Å². The first-order valence-electron chi connectivity index (χ1n) is 7.46. The van der Waals surface area contributed by atoms with Crippen LogP contribution in [0.4, 0.5) is 0 Å². The molecule has 0 heterocycles. The lowest BCUT2D eigenvalue weighted by Gasteiger charge is -2.22. The van der Waals surface area contributed by atoms with Crippen LogP contribution in [0, 0.1) is 0 Å². The second kappa shape index (κ2) is 7.23. The normalized spacial score (nSPS) is 16.4. The fourth-order valence-electron chi connectivity index (χ4n) is 2.73. The van der Waals surface area contributed by atoms with Crippen LogP contribution in [0.2, 0.25) is 0 Å². The van der Waals surface area contributed by atoms with Gasteiger partial charge in [-0.25, -0.2) is 4.57 Å². The average molecular weight is 367 g/mol. The molecule has 1 aliphatic rings. The number of hydrogen-bond acceptors (Lipinski definition) is 5. The summed E-state index contributed by atoms with van der Waals surface area (Å²) in [7, 11) is -4.77. The predicted octanol–water partition coefficient (Wildman–Crippen LogP) is 1.81. The van der Waals surface area contributed by atoms with Crippen LogP contribution in [0.15, 0.2) is 47.4 Å². The van der Waals surface area contributed by atoms with E-state index in [9.17, 15) is 24.4 Å². The highest BCUT2D eigenvalue weighted by atomic mass is 31.2. The van der Waals surface area contributed by atoms with Gasteiger partial charge >= 0.3 is 7.75 Å². The largest absolute Gasteiger partial charge is 0.508 e. The number of phenols is 1. The van der Waals surface area contributed by atoms with Gasteiger partial charge in [0.15, 0.2) is 11.6 Å². The Morgan fingerprint density at radius 1 is 1.32 bits per heavy atom. The number of phenolic OH excluding ortho intramolecular Hbond substituents is 1. The summed E-state index contributed by atoms with van der Waals surface area (Å²) in [4.78, 5) is 42.7. The third-order valence-corrected chi connectivity index (χ3v) is 4.29. The van der Waals surface area contributed by atoms with E-state index in [0.717, 1.165) is 6.08 Å². The van der Waals surface area contributed by atoms with Gasteiger partial charge in [-0.3, -0.25) is 14.7 Å². The zero-order valence-corrected chi connectivity index (χ0v) is 14.2. The molecule has 1 atom stereocenters. The summed E-state index contributed by atoms with van der Waals surface area (Å²) in [5.41, 5.74) is -0.166. The number of Topliss-reactive ketones (excluding diaryl/α,β-unsaturated/α-hetero) is 1. The highest BCUT2D eigenvalue weighted by Crippen LogP contribution is 2.36. The molecule has 0 amide bonds. The van der Waals surface area contributed by atoms with Crippen molar-refractivity contribution in [2.24, 2.45) is 0 Å². The van der Waals surface area contributed by atoms with Crippen LogP contribution >= 0.6 is 7.75 Å². The number of allylic oxidation sites excluding steroid dienone is 3. The van der Waals surface area contributed by atoms with E-state index < -0.39 is 37.4 Å². The molecule has 0 spiro atoms. The first-order chi connectivity index (χ1) is 11.6. The third kappa shape index (κ3) is 4.57. The summed E-state index contributed by atoms with van der Waals surface area (Å²) in [6.45, 7) is 1.72.